The van der Waals surface area contributed by atoms with E-state index in [1.54, 1.807) is 24.3 Å². The van der Waals surface area contributed by atoms with Crippen molar-refractivity contribution >= 4 is 46.3 Å². The maximum atomic E-state index is 13.7. The van der Waals surface area contributed by atoms with E-state index < -0.39 is 29.3 Å². The zero-order valence-corrected chi connectivity index (χ0v) is 18.6. The molecule has 2 heterocycles. The Morgan fingerprint density at radius 1 is 1.31 bits per heavy atom. The quantitative estimate of drug-likeness (QED) is 0.453. The van der Waals surface area contributed by atoms with Crippen molar-refractivity contribution in [3.63, 3.8) is 0 Å². The van der Waals surface area contributed by atoms with Crippen LogP contribution in [0.4, 0.5) is 13.2 Å². The highest BCUT2D eigenvalue weighted by Gasteiger charge is 2.40. The fraction of sp³-hybridized carbons (Fsp3) is 0.300. The number of hydrogen-bond donors (Lipinski definition) is 1. The van der Waals surface area contributed by atoms with Crippen LogP contribution in [0.15, 0.2) is 29.2 Å². The Kier molecular flexibility index (Phi) is 6.94. The summed E-state index contributed by atoms with van der Waals surface area (Å²) in [5, 5.41) is 12.3. The normalized spacial score (nSPS) is 15.7. The Morgan fingerprint density at radius 3 is 2.56 bits per heavy atom. The monoisotopic (exact) mass is 485 g/mol. The van der Waals surface area contributed by atoms with Crippen LogP contribution in [0.5, 0.6) is 11.6 Å². The summed E-state index contributed by atoms with van der Waals surface area (Å²) in [6.45, 7) is 1.92. The summed E-state index contributed by atoms with van der Waals surface area (Å²) in [6, 6.07) is 6.72. The van der Waals surface area contributed by atoms with Crippen molar-refractivity contribution in [1.29, 1.82) is 0 Å². The SMILES string of the molecule is Cc1ccc(Oc2c(C=C3SC(=S)N(CCCC(=O)O)C3=O)c(C(F)(F)F)nn2C)cc1. The molecule has 1 aromatic carbocycles. The lowest BCUT2D eigenvalue weighted by Gasteiger charge is -2.13. The minimum Gasteiger partial charge on any atom is -0.481 e. The number of carboxylic acids is 1. The molecule has 1 aliphatic heterocycles. The maximum absolute atomic E-state index is 13.7. The number of aryl methyl sites for hydroxylation is 2. The zero-order valence-electron chi connectivity index (χ0n) is 17.0. The molecule has 7 nitrogen and oxygen atoms in total. The second-order valence-corrected chi connectivity index (χ2v) is 8.61. The van der Waals surface area contributed by atoms with Crippen LogP contribution in [0, 0.1) is 6.92 Å². The first-order chi connectivity index (χ1) is 15.0. The Morgan fingerprint density at radius 2 is 1.97 bits per heavy atom. The number of thioether (sulfide) groups is 1. The standard InChI is InChI=1S/C20H18F3N3O4S2/c1-11-5-7-12(8-6-11)30-18-13(16(20(21,22)23)24-25(18)2)10-14-17(29)26(19(31)32-14)9-3-4-15(27)28/h5-8,10H,3-4,9H2,1-2H3,(H,27,28). The van der Waals surface area contributed by atoms with Crippen LogP contribution in [-0.2, 0) is 22.8 Å². The highest BCUT2D eigenvalue weighted by Crippen LogP contribution is 2.41. The number of carbonyl (C=O) groups is 2. The molecule has 1 aliphatic rings. The lowest BCUT2D eigenvalue weighted by atomic mass is 10.2. The van der Waals surface area contributed by atoms with Gasteiger partial charge in [0.2, 0.25) is 5.88 Å². The van der Waals surface area contributed by atoms with Gasteiger partial charge in [-0.05, 0) is 31.6 Å². The number of halogens is 3. The number of thiocarbonyl (C=S) groups is 1. The molecule has 1 aromatic heterocycles. The number of aliphatic carboxylic acids is 1. The summed E-state index contributed by atoms with van der Waals surface area (Å²) in [4.78, 5) is 24.6. The van der Waals surface area contributed by atoms with E-state index in [0.29, 0.717) is 5.75 Å². The molecule has 12 heteroatoms. The van der Waals surface area contributed by atoms with Gasteiger partial charge in [0, 0.05) is 20.0 Å². The minimum absolute atomic E-state index is 0.0300. The van der Waals surface area contributed by atoms with Crippen molar-refractivity contribution in [1.82, 2.24) is 14.7 Å². The van der Waals surface area contributed by atoms with Crippen LogP contribution in [-0.4, -0.2) is 42.5 Å². The Bertz CT molecular complexity index is 1090. The van der Waals surface area contributed by atoms with E-state index in [0.717, 1.165) is 28.1 Å². The number of aromatic nitrogens is 2. The summed E-state index contributed by atoms with van der Waals surface area (Å²) in [5.41, 5.74) is -0.644. The van der Waals surface area contributed by atoms with E-state index in [1.807, 2.05) is 6.92 Å². The number of amides is 1. The Hall–Kier alpha value is -2.86. The third kappa shape index (κ3) is 5.30. The summed E-state index contributed by atoms with van der Waals surface area (Å²) >= 11 is 6.00. The van der Waals surface area contributed by atoms with Gasteiger partial charge in [0.25, 0.3) is 5.91 Å². The summed E-state index contributed by atoms with van der Waals surface area (Å²) in [6.07, 6.45) is -3.72. The molecule has 1 saturated heterocycles. The zero-order chi connectivity index (χ0) is 23.6. The van der Waals surface area contributed by atoms with Crippen LogP contribution >= 0.6 is 24.0 Å². The first-order valence-electron chi connectivity index (χ1n) is 9.33. The number of carboxylic acid groups (broad SMARTS) is 1. The highest BCUT2D eigenvalue weighted by atomic mass is 32.2. The molecule has 2 aromatic rings. The summed E-state index contributed by atoms with van der Waals surface area (Å²) in [7, 11) is 1.31. The molecule has 1 fully saturated rings. The van der Waals surface area contributed by atoms with Crippen LogP contribution in [0.1, 0.15) is 29.7 Å². The second-order valence-electron chi connectivity index (χ2n) is 6.93. The summed E-state index contributed by atoms with van der Waals surface area (Å²) in [5.74, 6) is -1.49. The molecule has 0 atom stereocenters. The van der Waals surface area contributed by atoms with Crippen molar-refractivity contribution in [2.75, 3.05) is 6.54 Å². The van der Waals surface area contributed by atoms with Gasteiger partial charge in [-0.25, -0.2) is 4.68 Å². The van der Waals surface area contributed by atoms with Gasteiger partial charge in [-0.3, -0.25) is 14.5 Å². The molecule has 0 saturated carbocycles. The molecular weight excluding hydrogens is 467 g/mol. The number of alkyl halides is 3. The van der Waals surface area contributed by atoms with Gasteiger partial charge in [-0.1, -0.05) is 41.7 Å². The number of rotatable bonds is 7. The maximum Gasteiger partial charge on any atom is 0.435 e. The van der Waals surface area contributed by atoms with Crippen LogP contribution in [0.25, 0.3) is 6.08 Å². The van der Waals surface area contributed by atoms with Crippen molar-refractivity contribution in [2.24, 2.45) is 7.05 Å². The molecule has 0 bridgehead atoms. The molecule has 32 heavy (non-hydrogen) atoms. The number of nitrogens with zero attached hydrogens (tertiary/aromatic N) is 3. The van der Waals surface area contributed by atoms with Crippen LogP contribution < -0.4 is 4.74 Å². The van der Waals surface area contributed by atoms with Gasteiger partial charge in [-0.2, -0.15) is 18.3 Å². The third-order valence-electron chi connectivity index (χ3n) is 4.45. The van der Waals surface area contributed by atoms with Crippen molar-refractivity contribution in [3.8, 4) is 11.6 Å². The van der Waals surface area contributed by atoms with E-state index in [1.165, 1.54) is 11.9 Å². The van der Waals surface area contributed by atoms with Crippen molar-refractivity contribution in [3.05, 3.63) is 46.0 Å². The van der Waals surface area contributed by atoms with E-state index in [4.69, 9.17) is 22.1 Å². The molecule has 1 N–H and O–H groups in total. The van der Waals surface area contributed by atoms with Gasteiger partial charge in [0.1, 0.15) is 10.1 Å². The third-order valence-corrected chi connectivity index (χ3v) is 5.83. The van der Waals surface area contributed by atoms with Gasteiger partial charge < -0.3 is 9.84 Å². The highest BCUT2D eigenvalue weighted by molar-refractivity contribution is 8.26. The van der Waals surface area contributed by atoms with Gasteiger partial charge >= 0.3 is 12.1 Å². The molecule has 0 spiro atoms. The Labute approximate surface area is 190 Å². The predicted octanol–water partition coefficient (Wildman–Crippen LogP) is 4.61. The minimum atomic E-state index is -4.78. The fourth-order valence-corrected chi connectivity index (χ4v) is 4.21. The first kappa shape index (κ1) is 23.8. The number of carbonyl (C=O) groups excluding carboxylic acids is 1. The Balaban J connectivity index is 1.97. The topological polar surface area (TPSA) is 84.7 Å². The number of ether oxygens (including phenoxy) is 1. The molecule has 170 valence electrons. The predicted molar refractivity (Wildman–Crippen MR) is 116 cm³/mol. The van der Waals surface area contributed by atoms with E-state index >= 15 is 0 Å². The van der Waals surface area contributed by atoms with Crippen molar-refractivity contribution in [2.45, 2.75) is 25.9 Å². The lowest BCUT2D eigenvalue weighted by molar-refractivity contribution is -0.141. The average Bonchev–Trinajstić information content (AvgIpc) is 3.15. The number of hydrogen-bond acceptors (Lipinski definition) is 6. The molecule has 0 unspecified atom stereocenters. The van der Waals surface area contributed by atoms with Gasteiger partial charge in [0.15, 0.2) is 5.69 Å². The van der Waals surface area contributed by atoms with E-state index in [-0.39, 0.29) is 34.5 Å². The molecular formula is C20H18F3N3O4S2. The van der Waals surface area contributed by atoms with Gasteiger partial charge in [-0.15, -0.1) is 0 Å². The average molecular weight is 486 g/mol. The smallest absolute Gasteiger partial charge is 0.435 e. The van der Waals surface area contributed by atoms with Crippen molar-refractivity contribution < 1.29 is 32.6 Å². The van der Waals surface area contributed by atoms with E-state index in [9.17, 15) is 22.8 Å². The molecule has 0 radical (unpaired) electrons. The molecule has 1 amide bonds. The van der Waals surface area contributed by atoms with Gasteiger partial charge in [0.05, 0.1) is 10.5 Å². The van der Waals surface area contributed by atoms with Crippen LogP contribution in [0.3, 0.4) is 0 Å². The fourth-order valence-electron chi connectivity index (χ4n) is 2.92. The van der Waals surface area contributed by atoms with E-state index in [2.05, 4.69) is 5.10 Å². The second kappa shape index (κ2) is 9.33. The lowest BCUT2D eigenvalue weighted by Crippen LogP contribution is -2.29. The molecule has 3 rings (SSSR count). The number of benzene rings is 1. The first-order valence-corrected chi connectivity index (χ1v) is 10.6. The summed E-state index contributed by atoms with van der Waals surface area (Å²) < 4.78 is 47.8. The largest absolute Gasteiger partial charge is 0.481 e. The van der Waals surface area contributed by atoms with Crippen LogP contribution in [0.2, 0.25) is 0 Å². The molecule has 0 aliphatic carbocycles.